The average Bonchev–Trinajstić information content (AvgIpc) is 3.55. The molecule has 2 amide bonds. The van der Waals surface area contributed by atoms with Crippen molar-refractivity contribution in [3.05, 3.63) is 54.4 Å². The first-order valence-electron chi connectivity index (χ1n) is 13.0. The highest BCUT2D eigenvalue weighted by Crippen LogP contribution is 2.38. The molecule has 13 heteroatoms. The van der Waals surface area contributed by atoms with Crippen molar-refractivity contribution >= 4 is 44.2 Å². The van der Waals surface area contributed by atoms with E-state index in [9.17, 15) is 22.8 Å². The molecule has 9 nitrogen and oxygen atoms in total. The molecule has 0 bridgehead atoms. The molecule has 0 aliphatic carbocycles. The van der Waals surface area contributed by atoms with Crippen LogP contribution < -0.4 is 15.4 Å². The minimum absolute atomic E-state index is 0.00460. The number of hydrogen-bond donors (Lipinski definition) is 2. The third kappa shape index (κ3) is 6.63. The molecule has 214 valence electrons. The topological polar surface area (TPSA) is 109 Å². The number of halogens is 3. The van der Waals surface area contributed by atoms with E-state index in [1.807, 2.05) is 6.07 Å². The number of carbonyl (C=O) groups is 2. The van der Waals surface area contributed by atoms with Crippen LogP contribution in [0.5, 0.6) is 11.6 Å². The van der Waals surface area contributed by atoms with Crippen molar-refractivity contribution in [1.82, 2.24) is 19.9 Å². The van der Waals surface area contributed by atoms with Crippen LogP contribution in [-0.4, -0.2) is 51.3 Å². The summed E-state index contributed by atoms with van der Waals surface area (Å²) >= 11 is 1.28. The van der Waals surface area contributed by atoms with E-state index in [-0.39, 0.29) is 35.0 Å². The second-order valence-electron chi connectivity index (χ2n) is 9.68. The molecule has 2 aromatic carbocycles. The maximum Gasteiger partial charge on any atom is 0.416 e. The van der Waals surface area contributed by atoms with E-state index in [0.29, 0.717) is 34.9 Å². The fourth-order valence-electron chi connectivity index (χ4n) is 4.71. The van der Waals surface area contributed by atoms with Gasteiger partial charge >= 0.3 is 6.18 Å². The van der Waals surface area contributed by atoms with Crippen LogP contribution in [-0.2, 0) is 15.8 Å². The van der Waals surface area contributed by atoms with Crippen molar-refractivity contribution in [3.63, 3.8) is 0 Å². The van der Waals surface area contributed by atoms with Crippen molar-refractivity contribution in [1.29, 1.82) is 0 Å². The first kappa shape index (κ1) is 28.4. The second kappa shape index (κ2) is 11.8. The summed E-state index contributed by atoms with van der Waals surface area (Å²) in [6, 6.07) is 9.93. The van der Waals surface area contributed by atoms with Crippen molar-refractivity contribution in [2.24, 2.45) is 5.92 Å². The van der Waals surface area contributed by atoms with Crippen molar-refractivity contribution in [2.75, 3.05) is 30.3 Å². The zero-order valence-corrected chi connectivity index (χ0v) is 23.1. The predicted octanol–water partition coefficient (Wildman–Crippen LogP) is 6.19. The fourth-order valence-corrected chi connectivity index (χ4v) is 5.64. The van der Waals surface area contributed by atoms with E-state index in [2.05, 4.69) is 37.4 Å². The Morgan fingerprint density at radius 2 is 1.98 bits per heavy atom. The number of nitrogens with zero attached hydrogens (tertiary/aromatic N) is 4. The van der Waals surface area contributed by atoms with Crippen LogP contribution in [0, 0.1) is 5.92 Å². The Balaban J connectivity index is 1.44. The highest BCUT2D eigenvalue weighted by Gasteiger charge is 2.33. The van der Waals surface area contributed by atoms with Gasteiger partial charge in [-0.1, -0.05) is 30.4 Å². The van der Waals surface area contributed by atoms with Gasteiger partial charge in [-0.25, -0.2) is 15.0 Å². The SMILES string of the molecule is CCCN1CCC(C(=O)Nc2cc(C(F)(F)F)ccc2-c2cc(Oc3cccc4sc(NC(C)=O)nc34)ncn2)C1. The number of thiazole rings is 1. The summed E-state index contributed by atoms with van der Waals surface area (Å²) in [6.07, 6.45) is -1.77. The van der Waals surface area contributed by atoms with Gasteiger partial charge in [0.2, 0.25) is 17.7 Å². The number of aromatic nitrogens is 3. The Hall–Kier alpha value is -4.10. The summed E-state index contributed by atoms with van der Waals surface area (Å²) < 4.78 is 47.5. The number of ether oxygens (including phenoxy) is 1. The maximum absolute atomic E-state index is 13.6. The Labute approximate surface area is 237 Å². The number of anilines is 2. The van der Waals surface area contributed by atoms with Gasteiger partial charge in [0.25, 0.3) is 0 Å². The van der Waals surface area contributed by atoms with Gasteiger partial charge in [-0.15, -0.1) is 0 Å². The standard InChI is InChI=1S/C28H27F3N6O3S/c1-3-10-37-11-9-17(14-37)26(39)35-21-12-18(28(29,30)31)7-8-19(21)20-13-24(33-15-32-20)40-22-5-4-6-23-25(22)36-27(41-23)34-16(2)38/h4-8,12-13,15,17H,3,9-11,14H2,1-2H3,(H,35,39)(H,34,36,38). The number of para-hydroxylation sites is 1. The van der Waals surface area contributed by atoms with E-state index in [1.54, 1.807) is 12.1 Å². The van der Waals surface area contributed by atoms with Crippen LogP contribution >= 0.6 is 11.3 Å². The Kier molecular flexibility index (Phi) is 8.18. The zero-order chi connectivity index (χ0) is 29.1. The van der Waals surface area contributed by atoms with Gasteiger partial charge in [-0.3, -0.25) is 9.59 Å². The molecule has 1 atom stereocenters. The molecule has 41 heavy (non-hydrogen) atoms. The molecule has 1 aliphatic rings. The number of alkyl halides is 3. The van der Waals surface area contributed by atoms with E-state index in [0.717, 1.165) is 36.3 Å². The lowest BCUT2D eigenvalue weighted by Crippen LogP contribution is -2.27. The highest BCUT2D eigenvalue weighted by molar-refractivity contribution is 7.22. The van der Waals surface area contributed by atoms with Gasteiger partial charge in [0, 0.05) is 25.1 Å². The molecule has 0 spiro atoms. The molecule has 2 N–H and O–H groups in total. The van der Waals surface area contributed by atoms with Crippen LogP contribution in [0.25, 0.3) is 21.5 Å². The van der Waals surface area contributed by atoms with Gasteiger partial charge in [0.05, 0.1) is 27.6 Å². The number of nitrogens with one attached hydrogen (secondary N) is 2. The van der Waals surface area contributed by atoms with Crippen LogP contribution in [0.2, 0.25) is 0 Å². The number of amides is 2. The van der Waals surface area contributed by atoms with E-state index in [1.165, 1.54) is 36.7 Å². The first-order chi connectivity index (χ1) is 19.6. The lowest BCUT2D eigenvalue weighted by atomic mass is 10.0. The molecule has 3 heterocycles. The summed E-state index contributed by atoms with van der Waals surface area (Å²) in [7, 11) is 0. The second-order valence-corrected chi connectivity index (χ2v) is 10.7. The minimum atomic E-state index is -4.59. The lowest BCUT2D eigenvalue weighted by molar-refractivity contribution is -0.137. The van der Waals surface area contributed by atoms with Gasteiger partial charge in [0.15, 0.2) is 10.9 Å². The van der Waals surface area contributed by atoms with Crippen LogP contribution in [0.4, 0.5) is 24.0 Å². The summed E-state index contributed by atoms with van der Waals surface area (Å²) in [5.41, 5.74) is 0.193. The Morgan fingerprint density at radius 1 is 1.15 bits per heavy atom. The molecule has 0 saturated carbocycles. The molecule has 1 unspecified atom stereocenters. The first-order valence-corrected chi connectivity index (χ1v) is 13.8. The van der Waals surface area contributed by atoms with Gasteiger partial charge < -0.3 is 20.3 Å². The molecular weight excluding hydrogens is 557 g/mol. The van der Waals surface area contributed by atoms with E-state index < -0.39 is 11.7 Å². The number of benzene rings is 2. The predicted molar refractivity (Wildman–Crippen MR) is 150 cm³/mol. The van der Waals surface area contributed by atoms with Crippen LogP contribution in [0.15, 0.2) is 48.8 Å². The van der Waals surface area contributed by atoms with E-state index >= 15 is 0 Å². The zero-order valence-electron chi connectivity index (χ0n) is 22.3. The highest BCUT2D eigenvalue weighted by atomic mass is 32.1. The van der Waals surface area contributed by atoms with Crippen LogP contribution in [0.1, 0.15) is 32.3 Å². The molecule has 4 aromatic rings. The monoisotopic (exact) mass is 584 g/mol. The molecule has 1 aliphatic heterocycles. The smallest absolute Gasteiger partial charge is 0.416 e. The summed E-state index contributed by atoms with van der Waals surface area (Å²) in [5.74, 6) is -0.412. The summed E-state index contributed by atoms with van der Waals surface area (Å²) in [5, 5.41) is 5.79. The molecule has 0 radical (unpaired) electrons. The normalized spacial score (nSPS) is 15.7. The summed E-state index contributed by atoms with van der Waals surface area (Å²) in [6.45, 7) is 5.64. The third-order valence-electron chi connectivity index (χ3n) is 6.59. The number of likely N-dealkylation sites (tertiary alicyclic amines) is 1. The molecule has 1 fully saturated rings. The average molecular weight is 585 g/mol. The summed E-state index contributed by atoms with van der Waals surface area (Å²) in [4.78, 5) is 39.6. The van der Waals surface area contributed by atoms with E-state index in [4.69, 9.17) is 4.74 Å². The third-order valence-corrected chi connectivity index (χ3v) is 7.52. The molecule has 1 saturated heterocycles. The van der Waals surface area contributed by atoms with Crippen molar-refractivity contribution in [3.8, 4) is 22.9 Å². The minimum Gasteiger partial charge on any atom is -0.437 e. The largest absolute Gasteiger partial charge is 0.437 e. The molecule has 5 rings (SSSR count). The lowest BCUT2D eigenvalue weighted by Gasteiger charge is -2.17. The number of fused-ring (bicyclic) bond motifs is 1. The maximum atomic E-state index is 13.6. The fraction of sp³-hybridized carbons (Fsp3) is 0.321. The number of hydrogen-bond acceptors (Lipinski definition) is 8. The number of rotatable bonds is 8. The Bertz CT molecular complexity index is 1590. The number of carbonyl (C=O) groups excluding carboxylic acids is 2. The molecule has 2 aromatic heterocycles. The van der Waals surface area contributed by atoms with Crippen molar-refractivity contribution in [2.45, 2.75) is 32.9 Å². The Morgan fingerprint density at radius 3 is 2.73 bits per heavy atom. The van der Waals surface area contributed by atoms with Gasteiger partial charge in [-0.05, 0) is 50.2 Å². The van der Waals surface area contributed by atoms with Gasteiger partial charge in [0.1, 0.15) is 11.8 Å². The van der Waals surface area contributed by atoms with Crippen LogP contribution in [0.3, 0.4) is 0 Å². The van der Waals surface area contributed by atoms with Gasteiger partial charge in [-0.2, -0.15) is 13.2 Å². The molecular formula is C28H27F3N6O3S. The quantitative estimate of drug-likeness (QED) is 0.254. The van der Waals surface area contributed by atoms with Crippen molar-refractivity contribution < 1.29 is 27.5 Å².